The lowest BCUT2D eigenvalue weighted by Gasteiger charge is -2.11. The maximum Gasteiger partial charge on any atom is 0.0831 e. The molecule has 3 heteroatoms. The molecular weight excluding hydrogens is 434 g/mol. The number of hydrogen-bond donors (Lipinski definition) is 0. The average Bonchev–Trinajstić information content (AvgIpc) is 3.13. The molecule has 5 aromatic rings. The molecule has 1 heterocycles. The molecule has 0 N–H and O–H groups in total. The first-order chi connectivity index (χ1) is 14.8. The van der Waals surface area contributed by atoms with Gasteiger partial charge >= 0.3 is 0 Å². The molecule has 5 rings (SSSR count). The second-order valence-corrected chi connectivity index (χ2v) is 7.98. The van der Waals surface area contributed by atoms with Crippen LogP contribution >= 0.6 is 15.9 Å². The third kappa shape index (κ3) is 3.03. The summed E-state index contributed by atoms with van der Waals surface area (Å²) in [4.78, 5) is 0. The molecule has 0 aliphatic carbocycles. The van der Waals surface area contributed by atoms with E-state index in [1.807, 2.05) is 6.08 Å². The van der Waals surface area contributed by atoms with Crippen LogP contribution in [0.2, 0.25) is 0 Å². The fourth-order valence-corrected chi connectivity index (χ4v) is 4.67. The molecule has 1 aromatic heterocycles. The van der Waals surface area contributed by atoms with E-state index in [0.717, 1.165) is 15.7 Å². The summed E-state index contributed by atoms with van der Waals surface area (Å²) in [5.41, 5.74) is 7.03. The minimum atomic E-state index is 1.04. The summed E-state index contributed by atoms with van der Waals surface area (Å²) in [7, 11) is 1.67. The van der Waals surface area contributed by atoms with Crippen molar-refractivity contribution in [3.05, 3.63) is 107 Å². The van der Waals surface area contributed by atoms with Crippen LogP contribution in [0.3, 0.4) is 0 Å². The number of benzene rings is 4. The van der Waals surface area contributed by atoms with E-state index in [0.29, 0.717) is 0 Å². The second kappa shape index (κ2) is 7.85. The highest BCUT2D eigenvalue weighted by atomic mass is 79.9. The van der Waals surface area contributed by atoms with Crippen LogP contribution in [-0.4, -0.2) is 11.7 Å². The van der Waals surface area contributed by atoms with Crippen molar-refractivity contribution in [2.24, 2.45) is 0 Å². The van der Waals surface area contributed by atoms with E-state index < -0.39 is 0 Å². The van der Waals surface area contributed by atoms with Crippen LogP contribution in [0.25, 0.3) is 44.7 Å². The summed E-state index contributed by atoms with van der Waals surface area (Å²) < 4.78 is 8.59. The normalized spacial score (nSPS) is 11.5. The number of ether oxygens (including phenoxy) is 1. The van der Waals surface area contributed by atoms with E-state index in [2.05, 4.69) is 111 Å². The molecule has 146 valence electrons. The Morgan fingerprint density at radius 2 is 1.43 bits per heavy atom. The van der Waals surface area contributed by atoms with Gasteiger partial charge in [0.1, 0.15) is 0 Å². The monoisotopic (exact) mass is 453 g/mol. The summed E-state index contributed by atoms with van der Waals surface area (Å²) in [5.74, 6) is 0. The Morgan fingerprint density at radius 3 is 2.27 bits per heavy atom. The van der Waals surface area contributed by atoms with Crippen molar-refractivity contribution in [2.75, 3.05) is 7.11 Å². The smallest absolute Gasteiger partial charge is 0.0831 e. The van der Waals surface area contributed by atoms with E-state index >= 15 is 0 Å². The largest absolute Gasteiger partial charge is 0.504 e. The number of fused-ring (bicyclic) bond motifs is 3. The Hall–Kier alpha value is -3.30. The van der Waals surface area contributed by atoms with Crippen molar-refractivity contribution < 1.29 is 4.74 Å². The van der Waals surface area contributed by atoms with Crippen LogP contribution in [0.5, 0.6) is 0 Å². The van der Waals surface area contributed by atoms with Crippen LogP contribution < -0.4 is 0 Å². The highest BCUT2D eigenvalue weighted by Crippen LogP contribution is 2.40. The highest BCUT2D eigenvalue weighted by molar-refractivity contribution is 9.10. The van der Waals surface area contributed by atoms with Gasteiger partial charge < -0.3 is 9.30 Å². The molecule has 0 bridgehead atoms. The first-order valence-electron chi connectivity index (χ1n) is 9.85. The van der Waals surface area contributed by atoms with E-state index in [1.165, 1.54) is 32.9 Å². The van der Waals surface area contributed by atoms with Crippen molar-refractivity contribution in [2.45, 2.75) is 0 Å². The van der Waals surface area contributed by atoms with E-state index in [9.17, 15) is 0 Å². The molecule has 0 saturated heterocycles. The van der Waals surface area contributed by atoms with Gasteiger partial charge in [-0.2, -0.15) is 0 Å². The standard InChI is InChI=1S/C27H20BrNO/c1-30-18-17-21-20(12-7-14-24(21)28)22-13-8-16-26-27(22)23-11-5-6-15-25(23)29(26)19-9-3-2-4-10-19/h2-18H,1H3. The third-order valence-electron chi connectivity index (χ3n) is 5.43. The number of nitrogens with zero attached hydrogens (tertiary/aromatic N) is 1. The molecule has 0 aliphatic rings. The summed E-state index contributed by atoms with van der Waals surface area (Å²) in [6, 6.07) is 32.0. The van der Waals surface area contributed by atoms with Gasteiger partial charge in [0, 0.05) is 20.9 Å². The predicted molar refractivity (Wildman–Crippen MR) is 130 cm³/mol. The minimum absolute atomic E-state index is 1.04. The summed E-state index contributed by atoms with van der Waals surface area (Å²) in [5, 5.41) is 2.50. The van der Waals surface area contributed by atoms with E-state index in [1.54, 1.807) is 13.4 Å². The van der Waals surface area contributed by atoms with Crippen LogP contribution in [0, 0.1) is 0 Å². The van der Waals surface area contributed by atoms with Gasteiger partial charge in [0.25, 0.3) is 0 Å². The molecule has 0 spiro atoms. The SMILES string of the molecule is COC=Cc1c(Br)cccc1-c1cccc2c1c1ccccc1n2-c1ccccc1. The van der Waals surface area contributed by atoms with Crippen molar-refractivity contribution >= 4 is 43.8 Å². The quantitative estimate of drug-likeness (QED) is 0.253. The van der Waals surface area contributed by atoms with Gasteiger partial charge in [-0.1, -0.05) is 76.6 Å². The van der Waals surface area contributed by atoms with Crippen molar-refractivity contribution in [3.63, 3.8) is 0 Å². The molecule has 2 nitrogen and oxygen atoms in total. The average molecular weight is 454 g/mol. The van der Waals surface area contributed by atoms with Gasteiger partial charge in [0.15, 0.2) is 0 Å². The molecule has 0 fully saturated rings. The number of rotatable bonds is 4. The summed E-state index contributed by atoms with van der Waals surface area (Å²) in [6.07, 6.45) is 3.73. The lowest BCUT2D eigenvalue weighted by molar-refractivity contribution is 0.341. The Labute approximate surface area is 184 Å². The maximum absolute atomic E-state index is 5.21. The van der Waals surface area contributed by atoms with Gasteiger partial charge in [-0.3, -0.25) is 0 Å². The van der Waals surface area contributed by atoms with Crippen molar-refractivity contribution in [1.82, 2.24) is 4.57 Å². The summed E-state index contributed by atoms with van der Waals surface area (Å²) in [6.45, 7) is 0. The number of aromatic nitrogens is 1. The van der Waals surface area contributed by atoms with Gasteiger partial charge in [0.05, 0.1) is 24.4 Å². The molecule has 0 amide bonds. The zero-order valence-corrected chi connectivity index (χ0v) is 18.1. The molecule has 0 saturated carbocycles. The third-order valence-corrected chi connectivity index (χ3v) is 6.12. The van der Waals surface area contributed by atoms with Gasteiger partial charge in [-0.25, -0.2) is 0 Å². The van der Waals surface area contributed by atoms with E-state index in [-0.39, 0.29) is 0 Å². The molecule has 30 heavy (non-hydrogen) atoms. The lowest BCUT2D eigenvalue weighted by atomic mass is 9.95. The first kappa shape index (κ1) is 18.7. The molecule has 0 atom stereocenters. The van der Waals surface area contributed by atoms with Gasteiger partial charge in [-0.05, 0) is 53.1 Å². The van der Waals surface area contributed by atoms with Crippen LogP contribution in [0.4, 0.5) is 0 Å². The van der Waals surface area contributed by atoms with Crippen molar-refractivity contribution in [3.8, 4) is 16.8 Å². The summed E-state index contributed by atoms with van der Waals surface area (Å²) >= 11 is 3.72. The fourth-order valence-electron chi connectivity index (χ4n) is 4.18. The Balaban J connectivity index is 1.90. The predicted octanol–water partition coefficient (Wildman–Crippen LogP) is 7.83. The van der Waals surface area contributed by atoms with Crippen LogP contribution in [0.1, 0.15) is 5.56 Å². The number of methoxy groups -OCH3 is 1. The second-order valence-electron chi connectivity index (χ2n) is 7.13. The Kier molecular flexibility index (Phi) is 4.89. The van der Waals surface area contributed by atoms with Crippen molar-refractivity contribution in [1.29, 1.82) is 0 Å². The Bertz CT molecular complexity index is 1380. The maximum atomic E-state index is 5.21. The molecule has 4 aromatic carbocycles. The number of hydrogen-bond acceptors (Lipinski definition) is 1. The first-order valence-corrected chi connectivity index (χ1v) is 10.6. The lowest BCUT2D eigenvalue weighted by Crippen LogP contribution is -1.93. The fraction of sp³-hybridized carbons (Fsp3) is 0.0370. The minimum Gasteiger partial charge on any atom is -0.504 e. The molecular formula is C27H20BrNO. The number of halogens is 1. The van der Waals surface area contributed by atoms with Crippen LogP contribution in [-0.2, 0) is 4.74 Å². The molecule has 0 unspecified atom stereocenters. The zero-order chi connectivity index (χ0) is 20.5. The zero-order valence-electron chi connectivity index (χ0n) is 16.5. The number of para-hydroxylation sites is 2. The topological polar surface area (TPSA) is 14.2 Å². The molecule has 0 aliphatic heterocycles. The van der Waals surface area contributed by atoms with E-state index in [4.69, 9.17) is 4.74 Å². The van der Waals surface area contributed by atoms with Crippen LogP contribution in [0.15, 0.2) is 102 Å². The molecule has 0 radical (unpaired) electrons. The Morgan fingerprint density at radius 1 is 0.733 bits per heavy atom. The van der Waals surface area contributed by atoms with Gasteiger partial charge in [0.2, 0.25) is 0 Å². The van der Waals surface area contributed by atoms with Gasteiger partial charge in [-0.15, -0.1) is 0 Å². The highest BCUT2D eigenvalue weighted by Gasteiger charge is 2.17.